The Morgan fingerprint density at radius 1 is 1.24 bits per heavy atom. The number of benzene rings is 1. The molecule has 0 radical (unpaired) electrons. The van der Waals surface area contributed by atoms with Crippen LogP contribution in [0.1, 0.15) is 55.6 Å². The van der Waals surface area contributed by atoms with Crippen molar-refractivity contribution in [2.24, 2.45) is 5.92 Å². The maximum absolute atomic E-state index is 14.3. The van der Waals surface area contributed by atoms with Gasteiger partial charge in [-0.2, -0.15) is 0 Å². The normalized spacial score (nSPS) is 16.9. The molecular weight excluding hydrogens is 469 g/mol. The van der Waals surface area contributed by atoms with E-state index in [0.717, 1.165) is 48.9 Å². The second kappa shape index (κ2) is 11.0. The number of nitrogens with one attached hydrogen (secondary N) is 1. The molecule has 1 aliphatic rings. The molecule has 0 bridgehead atoms. The summed E-state index contributed by atoms with van der Waals surface area (Å²) < 4.78 is 16.3. The molecule has 2 amide bonds. The van der Waals surface area contributed by atoms with Crippen LogP contribution < -0.4 is 5.32 Å². The number of carbonyl (C=O) groups excluding carboxylic acids is 2. The summed E-state index contributed by atoms with van der Waals surface area (Å²) >= 11 is 0. The number of rotatable bonds is 8. The number of hydrogen-bond acceptors (Lipinski definition) is 4. The van der Waals surface area contributed by atoms with Crippen molar-refractivity contribution in [3.05, 3.63) is 59.3 Å². The van der Waals surface area contributed by atoms with E-state index in [1.807, 2.05) is 37.7 Å². The van der Waals surface area contributed by atoms with Crippen molar-refractivity contribution in [2.75, 3.05) is 26.7 Å². The maximum atomic E-state index is 14.3. The third kappa shape index (κ3) is 5.85. The molecule has 1 N–H and O–H groups in total. The van der Waals surface area contributed by atoms with E-state index in [2.05, 4.69) is 28.3 Å². The monoisotopic (exact) mass is 507 g/mol. The molecule has 3 heterocycles. The fourth-order valence-electron chi connectivity index (χ4n) is 5.45. The fraction of sp³-hybridized carbons (Fsp3) is 0.483. The highest BCUT2D eigenvalue weighted by molar-refractivity contribution is 5.99. The van der Waals surface area contributed by atoms with Crippen LogP contribution in [0.2, 0.25) is 0 Å². The molecule has 1 unspecified atom stereocenters. The number of hydrogen-bond donors (Lipinski definition) is 1. The van der Waals surface area contributed by atoms with Gasteiger partial charge in [0.1, 0.15) is 5.82 Å². The number of likely N-dealkylation sites (tertiary alicyclic amines) is 1. The third-order valence-corrected chi connectivity index (χ3v) is 7.38. The molecule has 198 valence electrons. The Morgan fingerprint density at radius 2 is 2.00 bits per heavy atom. The summed E-state index contributed by atoms with van der Waals surface area (Å²) in [5, 5.41) is 4.11. The average Bonchev–Trinajstić information content (AvgIpc) is 3.42. The molecular formula is C29H38FN5O2. The number of amides is 2. The number of fused-ring (bicyclic) bond motifs is 1. The lowest BCUT2D eigenvalue weighted by Gasteiger charge is -2.23. The van der Waals surface area contributed by atoms with Gasteiger partial charge >= 0.3 is 0 Å². The van der Waals surface area contributed by atoms with Crippen molar-refractivity contribution < 1.29 is 14.0 Å². The van der Waals surface area contributed by atoms with Crippen molar-refractivity contribution in [1.82, 2.24) is 24.7 Å². The van der Waals surface area contributed by atoms with Gasteiger partial charge in [0.25, 0.3) is 5.91 Å². The first-order valence-corrected chi connectivity index (χ1v) is 13.1. The van der Waals surface area contributed by atoms with E-state index in [1.165, 1.54) is 17.7 Å². The zero-order valence-electron chi connectivity index (χ0n) is 22.7. The standard InChI is InChI=1S/C29H38FN5O2/c1-18(2)33(6)29(37)25-12-24(30)7-8-26(25)35-17-23(28-19(3)13-31-14-27(28)35)11-22-9-10-34(16-22)15-20(4)32-21(5)36/h7-8,12-14,17-18,20,22H,9-11,15-16H2,1-6H3,(H,32,36)/t20?,22-/m1/s1. The van der Waals surface area contributed by atoms with Gasteiger partial charge in [0.15, 0.2) is 0 Å². The minimum absolute atomic E-state index is 0.00151. The predicted molar refractivity (Wildman–Crippen MR) is 145 cm³/mol. The van der Waals surface area contributed by atoms with Gasteiger partial charge in [-0.05, 0) is 82.3 Å². The van der Waals surface area contributed by atoms with Gasteiger partial charge in [-0.1, -0.05) is 0 Å². The summed E-state index contributed by atoms with van der Waals surface area (Å²) in [6.45, 7) is 12.3. The smallest absolute Gasteiger partial charge is 0.256 e. The summed E-state index contributed by atoms with van der Waals surface area (Å²) in [5.41, 5.74) is 4.18. The van der Waals surface area contributed by atoms with Crippen LogP contribution in [0.4, 0.5) is 4.39 Å². The number of pyridine rings is 1. The van der Waals surface area contributed by atoms with Gasteiger partial charge in [0, 0.05) is 56.9 Å². The molecule has 37 heavy (non-hydrogen) atoms. The van der Waals surface area contributed by atoms with Crippen LogP contribution in [0.15, 0.2) is 36.8 Å². The molecule has 2 atom stereocenters. The summed E-state index contributed by atoms with van der Waals surface area (Å²) in [4.78, 5) is 33.2. The first-order valence-electron chi connectivity index (χ1n) is 13.1. The average molecular weight is 508 g/mol. The molecule has 1 aromatic carbocycles. The summed E-state index contributed by atoms with van der Waals surface area (Å²) in [6.07, 6.45) is 7.78. The Labute approximate surface area is 218 Å². The Morgan fingerprint density at radius 3 is 2.70 bits per heavy atom. The number of carbonyl (C=O) groups is 2. The van der Waals surface area contributed by atoms with Crippen LogP contribution in [-0.4, -0.2) is 69.9 Å². The first-order chi connectivity index (χ1) is 17.5. The summed E-state index contributed by atoms with van der Waals surface area (Å²) in [6, 6.07) is 4.52. The van der Waals surface area contributed by atoms with Gasteiger partial charge in [-0.15, -0.1) is 0 Å². The lowest BCUT2D eigenvalue weighted by Crippen LogP contribution is -2.40. The van der Waals surface area contributed by atoms with Gasteiger partial charge in [0.2, 0.25) is 5.91 Å². The molecule has 4 rings (SSSR count). The molecule has 0 saturated carbocycles. The second-order valence-electron chi connectivity index (χ2n) is 10.8. The van der Waals surface area contributed by atoms with Crippen LogP contribution in [0.3, 0.4) is 0 Å². The molecule has 3 aromatic rings. The van der Waals surface area contributed by atoms with Crippen molar-refractivity contribution in [2.45, 2.75) is 59.5 Å². The van der Waals surface area contributed by atoms with Gasteiger partial charge < -0.3 is 19.7 Å². The lowest BCUT2D eigenvalue weighted by atomic mass is 9.97. The highest BCUT2D eigenvalue weighted by Crippen LogP contribution is 2.32. The molecule has 2 aromatic heterocycles. The molecule has 8 heteroatoms. The van der Waals surface area contributed by atoms with E-state index >= 15 is 0 Å². The highest BCUT2D eigenvalue weighted by Gasteiger charge is 2.27. The van der Waals surface area contributed by atoms with Crippen LogP contribution in [0.25, 0.3) is 16.6 Å². The molecule has 1 fully saturated rings. The Kier molecular flexibility index (Phi) is 7.97. The van der Waals surface area contributed by atoms with E-state index in [4.69, 9.17) is 0 Å². The van der Waals surface area contributed by atoms with Gasteiger partial charge in [-0.25, -0.2) is 4.39 Å². The van der Waals surface area contributed by atoms with Crippen LogP contribution in [0.5, 0.6) is 0 Å². The van der Waals surface area contributed by atoms with E-state index in [9.17, 15) is 14.0 Å². The lowest BCUT2D eigenvalue weighted by molar-refractivity contribution is -0.119. The molecule has 7 nitrogen and oxygen atoms in total. The SMILES string of the molecule is CC(=O)NC(C)CN1CC[C@H](Cc2cn(-c3ccc(F)cc3C(=O)N(C)C(C)C)c3cncc(C)c23)C1. The molecule has 0 spiro atoms. The van der Waals surface area contributed by atoms with Crippen LogP contribution in [-0.2, 0) is 11.2 Å². The quantitative estimate of drug-likeness (QED) is 0.492. The third-order valence-electron chi connectivity index (χ3n) is 7.38. The predicted octanol–water partition coefficient (Wildman–Crippen LogP) is 4.34. The van der Waals surface area contributed by atoms with E-state index < -0.39 is 5.82 Å². The summed E-state index contributed by atoms with van der Waals surface area (Å²) in [5.74, 6) is -0.168. The van der Waals surface area contributed by atoms with Crippen molar-refractivity contribution in [3.63, 3.8) is 0 Å². The Bertz CT molecular complexity index is 1300. The minimum Gasteiger partial charge on any atom is -0.353 e. The zero-order chi connectivity index (χ0) is 26.9. The largest absolute Gasteiger partial charge is 0.353 e. The maximum Gasteiger partial charge on any atom is 0.256 e. The van der Waals surface area contributed by atoms with Crippen LogP contribution >= 0.6 is 0 Å². The first kappa shape index (κ1) is 26.8. The van der Waals surface area contributed by atoms with E-state index in [-0.39, 0.29) is 23.9 Å². The van der Waals surface area contributed by atoms with E-state index in [1.54, 1.807) is 24.9 Å². The molecule has 1 saturated heterocycles. The van der Waals surface area contributed by atoms with Gasteiger partial charge in [-0.3, -0.25) is 14.6 Å². The second-order valence-corrected chi connectivity index (χ2v) is 10.8. The van der Waals surface area contributed by atoms with Crippen molar-refractivity contribution in [3.8, 4) is 5.69 Å². The number of halogens is 1. The topological polar surface area (TPSA) is 70.5 Å². The highest BCUT2D eigenvalue weighted by atomic mass is 19.1. The fourth-order valence-corrected chi connectivity index (χ4v) is 5.45. The van der Waals surface area contributed by atoms with Gasteiger partial charge in [0.05, 0.1) is 23.0 Å². The van der Waals surface area contributed by atoms with E-state index in [0.29, 0.717) is 17.2 Å². The number of aryl methyl sites for hydroxylation is 1. The zero-order valence-corrected chi connectivity index (χ0v) is 22.7. The molecule has 1 aliphatic heterocycles. The number of nitrogens with zero attached hydrogens (tertiary/aromatic N) is 4. The Balaban J connectivity index is 1.67. The molecule has 0 aliphatic carbocycles. The minimum atomic E-state index is -0.435. The van der Waals surface area contributed by atoms with Crippen LogP contribution in [0, 0.1) is 18.7 Å². The van der Waals surface area contributed by atoms with Crippen molar-refractivity contribution in [1.29, 1.82) is 0 Å². The number of aromatic nitrogens is 2. The summed E-state index contributed by atoms with van der Waals surface area (Å²) in [7, 11) is 1.74. The Hall–Kier alpha value is -3.26. The van der Waals surface area contributed by atoms with Crippen molar-refractivity contribution >= 4 is 22.7 Å².